The van der Waals surface area contributed by atoms with Crippen molar-refractivity contribution in [2.75, 3.05) is 13.1 Å². The van der Waals surface area contributed by atoms with Crippen molar-refractivity contribution in [3.63, 3.8) is 0 Å². The number of nitrogens with one attached hydrogen (secondary N) is 1. The van der Waals surface area contributed by atoms with Gasteiger partial charge < -0.3 is 4.90 Å². The zero-order valence-corrected chi connectivity index (χ0v) is 21.0. The maximum Gasteiger partial charge on any atom is 0.181 e. The Morgan fingerprint density at radius 3 is 2.46 bits per heavy atom. The number of rotatable bonds is 6. The van der Waals surface area contributed by atoms with Gasteiger partial charge in [0, 0.05) is 35.8 Å². The summed E-state index contributed by atoms with van der Waals surface area (Å²) in [6.45, 7) is 10.9. The highest BCUT2D eigenvalue weighted by Gasteiger charge is 2.25. The lowest BCUT2D eigenvalue weighted by Crippen LogP contribution is -2.31. The Labute approximate surface area is 208 Å². The van der Waals surface area contributed by atoms with E-state index in [4.69, 9.17) is 10.2 Å². The molecule has 0 unspecified atom stereocenters. The molecular weight excluding hydrogens is 430 g/mol. The molecule has 0 atom stereocenters. The topological polar surface area (TPSA) is 68.6 Å². The lowest BCUT2D eigenvalue weighted by molar-refractivity contribution is 0.299. The maximum atomic E-state index is 9.07. The second kappa shape index (κ2) is 10.1. The highest BCUT2D eigenvalue weighted by Crippen LogP contribution is 2.36. The number of piperidine rings is 1. The number of benzene rings is 2. The molecule has 1 aliphatic carbocycles. The number of hydrogen-bond donors (Lipinski definition) is 1. The Bertz CT molecular complexity index is 1230. The van der Waals surface area contributed by atoms with E-state index in [1.165, 1.54) is 47.9 Å². The monoisotopic (exact) mass is 465 g/mol. The molecule has 3 aromatic rings. The van der Waals surface area contributed by atoms with Crippen LogP contribution >= 0.6 is 0 Å². The minimum atomic E-state index is 0.526. The van der Waals surface area contributed by atoms with Gasteiger partial charge in [0.15, 0.2) is 5.82 Å². The number of nitriles is 1. The average molecular weight is 466 g/mol. The summed E-state index contributed by atoms with van der Waals surface area (Å²) in [5.74, 6) is 2.93. The van der Waals surface area contributed by atoms with Gasteiger partial charge in [0.25, 0.3) is 0 Å². The van der Waals surface area contributed by atoms with E-state index in [2.05, 4.69) is 65.9 Å². The number of hydrogen-bond acceptors (Lipinski definition) is 4. The first-order chi connectivity index (χ1) is 17.1. The molecule has 5 nitrogen and oxygen atoms in total. The van der Waals surface area contributed by atoms with Gasteiger partial charge in [0.2, 0.25) is 0 Å². The van der Waals surface area contributed by atoms with Crippen molar-refractivity contribution in [1.29, 1.82) is 5.26 Å². The minimum Gasteiger partial charge on any atom is -0.371 e. The third kappa shape index (κ3) is 4.75. The Balaban J connectivity index is 1.34. The molecule has 5 rings (SSSR count). The molecule has 5 heteroatoms. The predicted octanol–water partition coefficient (Wildman–Crippen LogP) is 6.72. The van der Waals surface area contributed by atoms with Gasteiger partial charge in [-0.05, 0) is 79.8 Å². The van der Waals surface area contributed by atoms with Crippen molar-refractivity contribution in [2.45, 2.75) is 70.6 Å². The Hall–Kier alpha value is -3.39. The number of aromatic nitrogens is 3. The molecule has 0 spiro atoms. The van der Waals surface area contributed by atoms with Crippen molar-refractivity contribution < 1.29 is 0 Å². The molecule has 1 saturated heterocycles. The molecule has 1 aliphatic heterocycles. The summed E-state index contributed by atoms with van der Waals surface area (Å²) < 4.78 is 0. The van der Waals surface area contributed by atoms with Gasteiger partial charge in [-0.3, -0.25) is 5.10 Å². The van der Waals surface area contributed by atoms with E-state index in [9.17, 15) is 0 Å². The van der Waals surface area contributed by atoms with Gasteiger partial charge in [0.05, 0.1) is 11.6 Å². The molecule has 0 radical (unpaired) electrons. The fraction of sp³-hybridized carbons (Fsp3) is 0.433. The first kappa shape index (κ1) is 23.4. The van der Waals surface area contributed by atoms with Crippen molar-refractivity contribution in [1.82, 2.24) is 20.1 Å². The second-order valence-corrected chi connectivity index (χ2v) is 10.1. The van der Waals surface area contributed by atoms with Crippen molar-refractivity contribution in [3.05, 3.63) is 76.6 Å². The molecule has 1 N–H and O–H groups in total. The van der Waals surface area contributed by atoms with Crippen LogP contribution in [0.5, 0.6) is 0 Å². The third-order valence-electron chi connectivity index (χ3n) is 8.02. The second-order valence-electron chi connectivity index (χ2n) is 10.1. The van der Waals surface area contributed by atoms with Crippen LogP contribution in [0.15, 0.2) is 43.0 Å². The largest absolute Gasteiger partial charge is 0.371 e. The summed E-state index contributed by atoms with van der Waals surface area (Å²) in [4.78, 5) is 7.37. The summed E-state index contributed by atoms with van der Waals surface area (Å²) >= 11 is 0. The summed E-state index contributed by atoms with van der Waals surface area (Å²) in [5, 5.41) is 16.9. The Morgan fingerprint density at radius 1 is 1.09 bits per heavy atom. The third-order valence-corrected chi connectivity index (χ3v) is 8.02. The van der Waals surface area contributed by atoms with E-state index in [1.807, 2.05) is 12.1 Å². The van der Waals surface area contributed by atoms with Crippen LogP contribution in [0.4, 0.5) is 0 Å². The zero-order valence-electron chi connectivity index (χ0n) is 21.0. The number of aryl methyl sites for hydroxylation is 2. The summed E-state index contributed by atoms with van der Waals surface area (Å²) in [6.07, 6.45) is 8.14. The van der Waals surface area contributed by atoms with E-state index in [1.54, 1.807) is 0 Å². The van der Waals surface area contributed by atoms with Gasteiger partial charge >= 0.3 is 0 Å². The first-order valence-corrected chi connectivity index (χ1v) is 13.1. The van der Waals surface area contributed by atoms with Gasteiger partial charge in [0.1, 0.15) is 5.82 Å². The van der Waals surface area contributed by atoms with Crippen LogP contribution in [0.2, 0.25) is 0 Å². The van der Waals surface area contributed by atoms with E-state index >= 15 is 0 Å². The van der Waals surface area contributed by atoms with Crippen LogP contribution in [0.1, 0.15) is 90.9 Å². The standard InChI is InChI=1S/C30H35N5/c1-4-23-17-20(2)27(18-28(23)30-32-29(33-34-30)26-7-5-6-8-26)21(3)35-15-13-25(14-16-35)24-11-9-22(19-31)10-12-24/h9-12,17-18,25-26H,3-8,13-16H2,1-2H3,(H,32,33,34). The van der Waals surface area contributed by atoms with Gasteiger partial charge in [-0.1, -0.05) is 44.5 Å². The quantitative estimate of drug-likeness (QED) is 0.439. The van der Waals surface area contributed by atoms with Crippen LogP contribution in [-0.2, 0) is 6.42 Å². The maximum absolute atomic E-state index is 9.07. The number of likely N-dealkylation sites (tertiary alicyclic amines) is 1. The molecule has 0 bridgehead atoms. The van der Waals surface area contributed by atoms with Crippen molar-refractivity contribution in [3.8, 4) is 17.5 Å². The number of nitrogens with zero attached hydrogens (tertiary/aromatic N) is 4. The molecule has 1 aromatic heterocycles. The predicted molar refractivity (Wildman–Crippen MR) is 141 cm³/mol. The van der Waals surface area contributed by atoms with E-state index < -0.39 is 0 Å². The molecule has 2 aliphatic rings. The molecule has 35 heavy (non-hydrogen) atoms. The molecular formula is C30H35N5. The van der Waals surface area contributed by atoms with E-state index in [0.717, 1.165) is 60.8 Å². The molecule has 0 amide bonds. The van der Waals surface area contributed by atoms with Gasteiger partial charge in [-0.15, -0.1) is 0 Å². The summed E-state index contributed by atoms with van der Waals surface area (Å²) in [7, 11) is 0. The fourth-order valence-electron chi connectivity index (χ4n) is 5.84. The molecule has 2 aromatic carbocycles. The SMILES string of the molecule is C=C(c1cc(-c2n[nH]c(C3CCCC3)n2)c(CC)cc1C)N1CCC(c2ccc(C#N)cc2)CC1. The highest BCUT2D eigenvalue weighted by atomic mass is 15.2. The molecule has 1 saturated carbocycles. The van der Waals surface area contributed by atoms with Crippen LogP contribution in [0, 0.1) is 18.3 Å². The summed E-state index contributed by atoms with van der Waals surface area (Å²) in [6, 6.07) is 14.9. The van der Waals surface area contributed by atoms with Crippen molar-refractivity contribution >= 4 is 5.70 Å². The van der Waals surface area contributed by atoms with E-state index in [-0.39, 0.29) is 0 Å². The van der Waals surface area contributed by atoms with Crippen molar-refractivity contribution in [2.24, 2.45) is 0 Å². The molecule has 2 heterocycles. The number of H-pyrrole nitrogens is 1. The molecule has 180 valence electrons. The number of aromatic amines is 1. The van der Waals surface area contributed by atoms with Crippen LogP contribution in [0.3, 0.4) is 0 Å². The minimum absolute atomic E-state index is 0.526. The lowest BCUT2D eigenvalue weighted by atomic mass is 9.88. The molecule has 2 fully saturated rings. The van der Waals surface area contributed by atoms with Crippen LogP contribution in [0.25, 0.3) is 17.1 Å². The Kier molecular flexibility index (Phi) is 6.72. The smallest absolute Gasteiger partial charge is 0.181 e. The zero-order chi connectivity index (χ0) is 24.4. The highest BCUT2D eigenvalue weighted by molar-refractivity contribution is 5.73. The first-order valence-electron chi connectivity index (χ1n) is 13.1. The van der Waals surface area contributed by atoms with E-state index in [0.29, 0.717) is 11.8 Å². The lowest BCUT2D eigenvalue weighted by Gasteiger charge is -2.35. The van der Waals surface area contributed by atoms with Crippen LogP contribution in [-0.4, -0.2) is 33.2 Å². The average Bonchev–Trinajstić information content (AvgIpc) is 3.61. The Morgan fingerprint density at radius 2 is 1.80 bits per heavy atom. The van der Waals surface area contributed by atoms with Gasteiger partial charge in [-0.2, -0.15) is 10.4 Å². The van der Waals surface area contributed by atoms with Crippen LogP contribution < -0.4 is 0 Å². The normalized spacial score (nSPS) is 17.0. The van der Waals surface area contributed by atoms with Gasteiger partial charge in [-0.25, -0.2) is 4.98 Å². The summed E-state index contributed by atoms with van der Waals surface area (Å²) in [5.41, 5.74) is 8.03. The fourth-order valence-corrected chi connectivity index (χ4v) is 5.84.